The van der Waals surface area contributed by atoms with Crippen LogP contribution in [0.4, 0.5) is 14.5 Å². The average Bonchev–Trinajstić information content (AvgIpc) is 2.49. The molecule has 0 heterocycles. The van der Waals surface area contributed by atoms with Gasteiger partial charge in [0.1, 0.15) is 17.7 Å². The topological polar surface area (TPSA) is 54.5 Å². The number of anilines is 1. The van der Waals surface area contributed by atoms with Crippen LogP contribution in [0, 0.1) is 18.6 Å². The van der Waals surface area contributed by atoms with Crippen LogP contribution in [0.5, 0.6) is 0 Å². The Morgan fingerprint density at radius 2 is 1.71 bits per heavy atom. The van der Waals surface area contributed by atoms with Gasteiger partial charge in [0.25, 0.3) is 10.0 Å². The Bertz CT molecular complexity index is 869. The van der Waals surface area contributed by atoms with E-state index >= 15 is 0 Å². The van der Waals surface area contributed by atoms with Crippen molar-refractivity contribution < 1.29 is 22.0 Å². The predicted octanol–water partition coefficient (Wildman–Crippen LogP) is 3.62. The number of carbonyl (C=O) groups excluding carboxylic acids is 1. The van der Waals surface area contributed by atoms with Crippen LogP contribution >= 0.6 is 11.6 Å². The molecule has 0 radical (unpaired) electrons. The molecule has 0 saturated heterocycles. The maximum absolute atomic E-state index is 14.1. The first-order valence-corrected chi connectivity index (χ1v) is 8.72. The molecule has 1 unspecified atom stereocenters. The summed E-state index contributed by atoms with van der Waals surface area (Å²) in [6.45, 7) is 3.00. The van der Waals surface area contributed by atoms with Crippen molar-refractivity contribution in [2.24, 2.45) is 0 Å². The van der Waals surface area contributed by atoms with Crippen molar-refractivity contribution >= 4 is 32.6 Å². The Morgan fingerprint density at radius 1 is 1.12 bits per heavy atom. The lowest BCUT2D eigenvalue weighted by molar-refractivity contribution is -0.112. The van der Waals surface area contributed by atoms with Gasteiger partial charge in [-0.1, -0.05) is 17.7 Å². The molecule has 128 valence electrons. The molecule has 1 atom stereocenters. The van der Waals surface area contributed by atoms with Crippen molar-refractivity contribution in [1.82, 2.24) is 0 Å². The third kappa shape index (κ3) is 3.57. The van der Waals surface area contributed by atoms with E-state index in [1.807, 2.05) is 0 Å². The van der Waals surface area contributed by atoms with Gasteiger partial charge in [-0.25, -0.2) is 17.2 Å². The van der Waals surface area contributed by atoms with Crippen molar-refractivity contribution in [3.05, 3.63) is 59.7 Å². The minimum atomic E-state index is -4.28. The molecule has 0 amide bonds. The first kappa shape index (κ1) is 18.4. The van der Waals surface area contributed by atoms with Gasteiger partial charge in [-0.3, -0.25) is 9.10 Å². The molecule has 0 N–H and O–H groups in total. The van der Waals surface area contributed by atoms with Crippen LogP contribution in [-0.4, -0.2) is 19.7 Å². The van der Waals surface area contributed by atoms with Gasteiger partial charge in [-0.2, -0.15) is 0 Å². The van der Waals surface area contributed by atoms with Crippen molar-refractivity contribution in [2.45, 2.75) is 24.8 Å². The molecular weight excluding hydrogens is 360 g/mol. The number of hydrogen-bond donors (Lipinski definition) is 0. The first-order chi connectivity index (χ1) is 11.1. The number of carbonyl (C=O) groups is 1. The zero-order chi connectivity index (χ0) is 18.1. The second-order valence-electron chi connectivity index (χ2n) is 5.19. The van der Waals surface area contributed by atoms with E-state index in [-0.39, 0.29) is 4.90 Å². The maximum atomic E-state index is 14.1. The molecule has 0 fully saturated rings. The number of benzene rings is 2. The lowest BCUT2D eigenvalue weighted by atomic mass is 10.2. The van der Waals surface area contributed by atoms with E-state index in [1.54, 1.807) is 19.1 Å². The Hall–Kier alpha value is -1.99. The summed E-state index contributed by atoms with van der Waals surface area (Å²) in [5, 5.41) is -0.991. The summed E-state index contributed by atoms with van der Waals surface area (Å²) in [6.07, 6.45) is 0. The normalized spacial score (nSPS) is 12.7. The van der Waals surface area contributed by atoms with Gasteiger partial charge >= 0.3 is 0 Å². The monoisotopic (exact) mass is 373 g/mol. The summed E-state index contributed by atoms with van der Waals surface area (Å²) in [6, 6.07) is 6.83. The summed E-state index contributed by atoms with van der Waals surface area (Å²) in [5.74, 6) is -1.98. The van der Waals surface area contributed by atoms with E-state index in [0.29, 0.717) is 10.4 Å². The van der Waals surface area contributed by atoms with Gasteiger partial charge in [-0.05, 0) is 49.7 Å². The molecule has 2 rings (SSSR count). The van der Waals surface area contributed by atoms with Gasteiger partial charge in [-0.15, -0.1) is 0 Å². The van der Waals surface area contributed by atoms with E-state index < -0.39 is 38.6 Å². The van der Waals surface area contributed by atoms with Gasteiger partial charge in [0, 0.05) is 6.07 Å². The zero-order valence-corrected chi connectivity index (χ0v) is 14.4. The van der Waals surface area contributed by atoms with E-state index in [9.17, 15) is 22.0 Å². The van der Waals surface area contributed by atoms with E-state index in [1.165, 1.54) is 19.1 Å². The number of halogens is 3. The van der Waals surface area contributed by atoms with Gasteiger partial charge < -0.3 is 0 Å². The van der Waals surface area contributed by atoms with Crippen LogP contribution in [0.25, 0.3) is 0 Å². The highest BCUT2D eigenvalue weighted by Gasteiger charge is 2.34. The molecule has 0 spiro atoms. The van der Waals surface area contributed by atoms with Crippen molar-refractivity contribution in [3.63, 3.8) is 0 Å². The number of hydrogen-bond acceptors (Lipinski definition) is 3. The lowest BCUT2D eigenvalue weighted by Gasteiger charge is -2.28. The van der Waals surface area contributed by atoms with Gasteiger partial charge in [0.2, 0.25) is 5.24 Å². The molecule has 0 aliphatic heterocycles. The minimum absolute atomic E-state index is 0.137. The lowest BCUT2D eigenvalue weighted by Crippen LogP contribution is -2.42. The second kappa shape index (κ2) is 6.86. The predicted molar refractivity (Wildman–Crippen MR) is 87.5 cm³/mol. The third-order valence-corrected chi connectivity index (χ3v) is 5.62. The maximum Gasteiger partial charge on any atom is 0.265 e. The quantitative estimate of drug-likeness (QED) is 0.752. The van der Waals surface area contributed by atoms with Crippen LogP contribution in [0.2, 0.25) is 0 Å². The standard InChI is InChI=1S/C16H14ClF2NO3S/c1-10-3-6-13(7-4-10)24(22,23)20(11(2)16(17)21)15-8-5-12(18)9-14(15)19/h3-9,11H,1-2H3. The molecule has 4 nitrogen and oxygen atoms in total. The molecule has 0 aliphatic carbocycles. The molecule has 0 saturated carbocycles. The smallest absolute Gasteiger partial charge is 0.265 e. The van der Waals surface area contributed by atoms with E-state index in [0.717, 1.165) is 17.7 Å². The zero-order valence-electron chi connectivity index (χ0n) is 12.8. The van der Waals surface area contributed by atoms with Crippen molar-refractivity contribution in [2.75, 3.05) is 4.31 Å². The Kier molecular flexibility index (Phi) is 5.25. The van der Waals surface area contributed by atoms with Crippen molar-refractivity contribution in [1.29, 1.82) is 0 Å². The molecule has 0 aliphatic rings. The fourth-order valence-electron chi connectivity index (χ4n) is 2.12. The highest BCUT2D eigenvalue weighted by Crippen LogP contribution is 2.30. The van der Waals surface area contributed by atoms with Crippen molar-refractivity contribution in [3.8, 4) is 0 Å². The summed E-state index contributed by atoms with van der Waals surface area (Å²) in [4.78, 5) is 11.4. The molecule has 0 aromatic heterocycles. The fraction of sp³-hybridized carbons (Fsp3) is 0.188. The number of rotatable bonds is 5. The molecule has 2 aromatic rings. The van der Waals surface area contributed by atoms with Crippen LogP contribution in [0.1, 0.15) is 12.5 Å². The van der Waals surface area contributed by atoms with Crippen LogP contribution in [0.15, 0.2) is 47.4 Å². The number of aryl methyl sites for hydroxylation is 1. The van der Waals surface area contributed by atoms with Gasteiger partial charge in [0.05, 0.1) is 10.6 Å². The van der Waals surface area contributed by atoms with Crippen LogP contribution < -0.4 is 4.31 Å². The minimum Gasteiger partial charge on any atom is -0.279 e. The molecule has 8 heteroatoms. The fourth-order valence-corrected chi connectivity index (χ4v) is 3.90. The number of nitrogens with zero attached hydrogens (tertiary/aromatic N) is 1. The summed E-state index contributed by atoms with van der Waals surface area (Å²) < 4.78 is 53.6. The Labute approximate surface area is 143 Å². The highest BCUT2D eigenvalue weighted by molar-refractivity contribution is 7.93. The molecule has 2 aromatic carbocycles. The highest BCUT2D eigenvalue weighted by atomic mass is 35.5. The largest absolute Gasteiger partial charge is 0.279 e. The Morgan fingerprint density at radius 3 is 2.21 bits per heavy atom. The van der Waals surface area contributed by atoms with E-state index in [2.05, 4.69) is 0 Å². The molecular formula is C16H14ClF2NO3S. The van der Waals surface area contributed by atoms with Crippen LogP contribution in [0.3, 0.4) is 0 Å². The van der Waals surface area contributed by atoms with E-state index in [4.69, 9.17) is 11.6 Å². The third-order valence-electron chi connectivity index (χ3n) is 3.41. The molecule has 24 heavy (non-hydrogen) atoms. The SMILES string of the molecule is Cc1ccc(S(=O)(=O)N(c2ccc(F)cc2F)C(C)C(=O)Cl)cc1. The summed E-state index contributed by atoms with van der Waals surface area (Å²) in [5.41, 5.74) is 0.369. The van der Waals surface area contributed by atoms with Crippen LogP contribution in [-0.2, 0) is 14.8 Å². The Balaban J connectivity index is 2.66. The summed E-state index contributed by atoms with van der Waals surface area (Å²) >= 11 is 5.43. The molecule has 0 bridgehead atoms. The average molecular weight is 374 g/mol. The summed E-state index contributed by atoms with van der Waals surface area (Å²) in [7, 11) is -4.28. The first-order valence-electron chi connectivity index (χ1n) is 6.90. The second-order valence-corrected chi connectivity index (χ2v) is 7.38. The number of sulfonamides is 1. The van der Waals surface area contributed by atoms with Gasteiger partial charge in [0.15, 0.2) is 0 Å².